The van der Waals surface area contributed by atoms with Crippen LogP contribution in [0.4, 0.5) is 0 Å². The van der Waals surface area contributed by atoms with Crippen LogP contribution >= 0.6 is 11.3 Å². The smallest absolute Gasteiger partial charge is 0.287 e. The minimum absolute atomic E-state index is 0.108. The summed E-state index contributed by atoms with van der Waals surface area (Å²) in [6.07, 6.45) is 2.35. The highest BCUT2D eigenvalue weighted by molar-refractivity contribution is 7.09. The van der Waals surface area contributed by atoms with Crippen LogP contribution < -0.4 is 5.32 Å². The number of nitrogens with one attached hydrogen (secondary N) is 1. The largest absolute Gasteiger partial charge is 0.459 e. The van der Waals surface area contributed by atoms with Crippen molar-refractivity contribution in [2.24, 2.45) is 0 Å². The van der Waals surface area contributed by atoms with Crippen LogP contribution in [-0.2, 0) is 6.42 Å². The second-order valence-electron chi connectivity index (χ2n) is 3.64. The van der Waals surface area contributed by atoms with Crippen LogP contribution in [0.2, 0.25) is 0 Å². The molecular formula is C12H13NO2S. The van der Waals surface area contributed by atoms with Gasteiger partial charge in [0.1, 0.15) is 0 Å². The van der Waals surface area contributed by atoms with Crippen molar-refractivity contribution in [1.29, 1.82) is 0 Å². The highest BCUT2D eigenvalue weighted by Crippen LogP contribution is 2.11. The zero-order chi connectivity index (χ0) is 11.4. The Hall–Kier alpha value is -1.55. The van der Waals surface area contributed by atoms with Crippen molar-refractivity contribution in [3.63, 3.8) is 0 Å². The molecular weight excluding hydrogens is 222 g/mol. The van der Waals surface area contributed by atoms with Crippen molar-refractivity contribution in [2.45, 2.75) is 19.4 Å². The SMILES string of the molecule is C[C@@H](Cc1cccs1)NC(=O)c1ccco1. The molecule has 0 aliphatic carbocycles. The number of hydrogen-bond acceptors (Lipinski definition) is 3. The fraction of sp³-hybridized carbons (Fsp3) is 0.250. The van der Waals surface area contributed by atoms with Crippen molar-refractivity contribution in [3.8, 4) is 0 Å². The van der Waals surface area contributed by atoms with Crippen LogP contribution in [0.3, 0.4) is 0 Å². The Bertz CT molecular complexity index is 434. The summed E-state index contributed by atoms with van der Waals surface area (Å²) in [4.78, 5) is 12.9. The Kier molecular flexibility index (Phi) is 3.41. The molecule has 1 N–H and O–H groups in total. The van der Waals surface area contributed by atoms with Gasteiger partial charge in [0.05, 0.1) is 6.26 Å². The van der Waals surface area contributed by atoms with Gasteiger partial charge in [-0.25, -0.2) is 0 Å². The van der Waals surface area contributed by atoms with Crippen molar-refractivity contribution < 1.29 is 9.21 Å². The van der Waals surface area contributed by atoms with E-state index in [2.05, 4.69) is 11.4 Å². The Balaban J connectivity index is 1.88. The van der Waals surface area contributed by atoms with Gasteiger partial charge in [-0.15, -0.1) is 11.3 Å². The van der Waals surface area contributed by atoms with E-state index in [9.17, 15) is 4.79 Å². The van der Waals surface area contributed by atoms with E-state index in [1.807, 2.05) is 18.4 Å². The molecule has 1 atom stereocenters. The molecule has 16 heavy (non-hydrogen) atoms. The number of carbonyl (C=O) groups excluding carboxylic acids is 1. The standard InChI is InChI=1S/C12H13NO2S/c1-9(8-10-4-3-7-16-10)13-12(14)11-5-2-6-15-11/h2-7,9H,8H2,1H3,(H,13,14)/t9-/m0/s1. The molecule has 2 heterocycles. The molecule has 84 valence electrons. The summed E-state index contributed by atoms with van der Waals surface area (Å²) < 4.78 is 5.02. The Labute approximate surface area is 98.1 Å². The van der Waals surface area contributed by atoms with E-state index >= 15 is 0 Å². The molecule has 2 rings (SSSR count). The van der Waals surface area contributed by atoms with E-state index in [1.54, 1.807) is 23.5 Å². The summed E-state index contributed by atoms with van der Waals surface area (Å²) in [7, 11) is 0. The summed E-state index contributed by atoms with van der Waals surface area (Å²) in [5.41, 5.74) is 0. The molecule has 0 saturated carbocycles. The fourth-order valence-electron chi connectivity index (χ4n) is 1.48. The maximum absolute atomic E-state index is 11.6. The summed E-state index contributed by atoms with van der Waals surface area (Å²) >= 11 is 1.70. The summed E-state index contributed by atoms with van der Waals surface area (Å²) in [6, 6.07) is 7.56. The van der Waals surface area contributed by atoms with E-state index in [4.69, 9.17) is 4.42 Å². The molecule has 2 aromatic heterocycles. The second kappa shape index (κ2) is 4.99. The first kappa shape index (κ1) is 11.0. The van der Waals surface area contributed by atoms with E-state index < -0.39 is 0 Å². The van der Waals surface area contributed by atoms with Crippen LogP contribution in [0, 0.1) is 0 Å². The summed E-state index contributed by atoms with van der Waals surface area (Å²) in [5, 5.41) is 4.93. The highest BCUT2D eigenvalue weighted by Gasteiger charge is 2.12. The molecule has 0 fully saturated rings. The molecule has 2 aromatic rings. The van der Waals surface area contributed by atoms with Crippen LogP contribution in [0.15, 0.2) is 40.3 Å². The van der Waals surface area contributed by atoms with Gasteiger partial charge in [-0.2, -0.15) is 0 Å². The summed E-state index contributed by atoms with van der Waals surface area (Å²) in [6.45, 7) is 1.99. The van der Waals surface area contributed by atoms with Gasteiger partial charge in [-0.3, -0.25) is 4.79 Å². The van der Waals surface area contributed by atoms with Gasteiger partial charge < -0.3 is 9.73 Å². The van der Waals surface area contributed by atoms with E-state index in [0.29, 0.717) is 5.76 Å². The number of carbonyl (C=O) groups is 1. The summed E-state index contributed by atoms with van der Waals surface area (Å²) in [5.74, 6) is 0.201. The van der Waals surface area contributed by atoms with Crippen molar-refractivity contribution in [3.05, 3.63) is 46.5 Å². The van der Waals surface area contributed by atoms with Crippen LogP contribution in [-0.4, -0.2) is 11.9 Å². The van der Waals surface area contributed by atoms with Gasteiger partial charge in [0.15, 0.2) is 5.76 Å². The molecule has 0 radical (unpaired) electrons. The Morgan fingerprint density at radius 2 is 2.38 bits per heavy atom. The highest BCUT2D eigenvalue weighted by atomic mass is 32.1. The predicted octanol–water partition coefficient (Wildman–Crippen LogP) is 2.70. The van der Waals surface area contributed by atoms with Crippen LogP contribution in [0.5, 0.6) is 0 Å². The third-order valence-corrected chi connectivity index (χ3v) is 3.11. The molecule has 0 bridgehead atoms. The third kappa shape index (κ3) is 2.73. The number of thiophene rings is 1. The average Bonchev–Trinajstić information content (AvgIpc) is 2.88. The molecule has 3 nitrogen and oxygen atoms in total. The zero-order valence-corrected chi connectivity index (χ0v) is 9.79. The van der Waals surface area contributed by atoms with Crippen molar-refractivity contribution in [2.75, 3.05) is 0 Å². The van der Waals surface area contributed by atoms with Gasteiger partial charge in [0.25, 0.3) is 5.91 Å². The van der Waals surface area contributed by atoms with E-state index in [0.717, 1.165) is 6.42 Å². The Morgan fingerprint density at radius 3 is 3.00 bits per heavy atom. The molecule has 0 aliphatic rings. The average molecular weight is 235 g/mol. The minimum atomic E-state index is -0.158. The molecule has 0 aliphatic heterocycles. The molecule has 0 spiro atoms. The maximum atomic E-state index is 11.6. The first-order valence-electron chi connectivity index (χ1n) is 5.12. The minimum Gasteiger partial charge on any atom is -0.459 e. The molecule has 0 aromatic carbocycles. The Morgan fingerprint density at radius 1 is 1.50 bits per heavy atom. The third-order valence-electron chi connectivity index (χ3n) is 2.21. The van der Waals surface area contributed by atoms with Gasteiger partial charge in [-0.1, -0.05) is 6.07 Å². The molecule has 0 unspecified atom stereocenters. The van der Waals surface area contributed by atoms with Crippen LogP contribution in [0.25, 0.3) is 0 Å². The van der Waals surface area contributed by atoms with Gasteiger partial charge >= 0.3 is 0 Å². The number of amides is 1. The van der Waals surface area contributed by atoms with Crippen LogP contribution in [0.1, 0.15) is 22.4 Å². The quantitative estimate of drug-likeness (QED) is 0.885. The normalized spacial score (nSPS) is 12.3. The number of hydrogen-bond donors (Lipinski definition) is 1. The monoisotopic (exact) mass is 235 g/mol. The first-order chi connectivity index (χ1) is 7.75. The molecule has 0 saturated heterocycles. The van der Waals surface area contributed by atoms with Gasteiger partial charge in [0.2, 0.25) is 0 Å². The lowest BCUT2D eigenvalue weighted by Gasteiger charge is -2.11. The van der Waals surface area contributed by atoms with E-state index in [1.165, 1.54) is 11.1 Å². The maximum Gasteiger partial charge on any atom is 0.287 e. The fourth-order valence-corrected chi connectivity index (χ4v) is 2.32. The second-order valence-corrected chi connectivity index (χ2v) is 4.67. The number of rotatable bonds is 4. The lowest BCUT2D eigenvalue weighted by molar-refractivity contribution is 0.0912. The molecule has 1 amide bonds. The predicted molar refractivity (Wildman–Crippen MR) is 63.7 cm³/mol. The van der Waals surface area contributed by atoms with Crippen molar-refractivity contribution in [1.82, 2.24) is 5.32 Å². The zero-order valence-electron chi connectivity index (χ0n) is 8.97. The number of furan rings is 1. The topological polar surface area (TPSA) is 42.2 Å². The van der Waals surface area contributed by atoms with Gasteiger partial charge in [0, 0.05) is 17.3 Å². The van der Waals surface area contributed by atoms with Crippen molar-refractivity contribution >= 4 is 17.2 Å². The first-order valence-corrected chi connectivity index (χ1v) is 6.00. The lowest BCUT2D eigenvalue weighted by Crippen LogP contribution is -2.33. The molecule has 4 heteroatoms. The van der Waals surface area contributed by atoms with E-state index in [-0.39, 0.29) is 11.9 Å². The van der Waals surface area contributed by atoms with Gasteiger partial charge in [-0.05, 0) is 30.5 Å². The lowest BCUT2D eigenvalue weighted by atomic mass is 10.2.